The van der Waals surface area contributed by atoms with E-state index in [1.165, 1.54) is 0 Å². The van der Waals surface area contributed by atoms with Crippen molar-refractivity contribution in [1.29, 1.82) is 0 Å². The summed E-state index contributed by atoms with van der Waals surface area (Å²) in [6, 6.07) is 8.03. The standard InChI is InChI=1S/C15H22N2O2/c1-11-4-2-6-13(8-11)17-15(19)9-16-14-7-3-5-12(14)10-18/h2,4,6,8,12,14,16,18H,3,5,7,9-10H2,1H3,(H,17,19). The molecular formula is C15H22N2O2. The first-order valence-corrected chi connectivity index (χ1v) is 6.90. The van der Waals surface area contributed by atoms with Gasteiger partial charge in [0.15, 0.2) is 0 Å². The number of amides is 1. The van der Waals surface area contributed by atoms with Crippen LogP contribution in [0.3, 0.4) is 0 Å². The van der Waals surface area contributed by atoms with Crippen LogP contribution in [-0.4, -0.2) is 30.2 Å². The molecule has 2 unspecified atom stereocenters. The molecule has 0 spiro atoms. The van der Waals surface area contributed by atoms with E-state index in [-0.39, 0.29) is 18.6 Å². The van der Waals surface area contributed by atoms with Gasteiger partial charge in [-0.25, -0.2) is 0 Å². The van der Waals surface area contributed by atoms with E-state index in [1.807, 2.05) is 31.2 Å². The molecule has 1 aromatic rings. The minimum atomic E-state index is -0.0332. The summed E-state index contributed by atoms with van der Waals surface area (Å²) in [5, 5.41) is 15.3. The van der Waals surface area contributed by atoms with Crippen LogP contribution in [0.4, 0.5) is 5.69 Å². The van der Waals surface area contributed by atoms with Gasteiger partial charge in [-0.15, -0.1) is 0 Å². The van der Waals surface area contributed by atoms with Gasteiger partial charge in [-0.3, -0.25) is 4.79 Å². The minimum Gasteiger partial charge on any atom is -0.396 e. The van der Waals surface area contributed by atoms with Crippen molar-refractivity contribution in [2.75, 3.05) is 18.5 Å². The smallest absolute Gasteiger partial charge is 0.238 e. The van der Waals surface area contributed by atoms with Gasteiger partial charge in [0.2, 0.25) is 5.91 Å². The zero-order chi connectivity index (χ0) is 13.7. The lowest BCUT2D eigenvalue weighted by molar-refractivity contribution is -0.115. The van der Waals surface area contributed by atoms with Crippen LogP contribution in [0.15, 0.2) is 24.3 Å². The number of aryl methyl sites for hydroxylation is 1. The summed E-state index contributed by atoms with van der Waals surface area (Å²) < 4.78 is 0. The third kappa shape index (κ3) is 4.04. The first kappa shape index (κ1) is 14.0. The summed E-state index contributed by atoms with van der Waals surface area (Å²) in [6.45, 7) is 2.50. The Balaban J connectivity index is 1.78. The average molecular weight is 262 g/mol. The number of benzene rings is 1. The molecule has 0 aliphatic heterocycles. The molecule has 19 heavy (non-hydrogen) atoms. The Morgan fingerprint density at radius 1 is 1.42 bits per heavy atom. The fraction of sp³-hybridized carbons (Fsp3) is 0.533. The summed E-state index contributed by atoms with van der Waals surface area (Å²) >= 11 is 0. The van der Waals surface area contributed by atoms with Gasteiger partial charge in [-0.1, -0.05) is 18.6 Å². The molecule has 104 valence electrons. The topological polar surface area (TPSA) is 61.4 Å². The van der Waals surface area contributed by atoms with Crippen molar-refractivity contribution in [3.05, 3.63) is 29.8 Å². The van der Waals surface area contributed by atoms with Gasteiger partial charge in [-0.2, -0.15) is 0 Å². The van der Waals surface area contributed by atoms with E-state index in [4.69, 9.17) is 0 Å². The van der Waals surface area contributed by atoms with E-state index in [1.54, 1.807) is 0 Å². The van der Waals surface area contributed by atoms with Crippen LogP contribution in [0.25, 0.3) is 0 Å². The molecule has 0 heterocycles. The lowest BCUT2D eigenvalue weighted by Gasteiger charge is -2.18. The number of aliphatic hydroxyl groups excluding tert-OH is 1. The lowest BCUT2D eigenvalue weighted by Crippen LogP contribution is -2.39. The number of rotatable bonds is 5. The molecule has 0 saturated heterocycles. The molecule has 1 aromatic carbocycles. The zero-order valence-electron chi connectivity index (χ0n) is 11.4. The monoisotopic (exact) mass is 262 g/mol. The highest BCUT2D eigenvalue weighted by molar-refractivity contribution is 5.92. The van der Waals surface area contributed by atoms with Gasteiger partial charge in [0.1, 0.15) is 0 Å². The molecule has 1 aliphatic rings. The number of hydrogen-bond acceptors (Lipinski definition) is 3. The highest BCUT2D eigenvalue weighted by atomic mass is 16.3. The van der Waals surface area contributed by atoms with Crippen molar-refractivity contribution in [1.82, 2.24) is 5.32 Å². The van der Waals surface area contributed by atoms with E-state index in [0.717, 1.165) is 30.5 Å². The summed E-state index contributed by atoms with van der Waals surface area (Å²) in [6.07, 6.45) is 3.22. The van der Waals surface area contributed by atoms with E-state index in [0.29, 0.717) is 12.5 Å². The molecule has 0 radical (unpaired) electrons. The Morgan fingerprint density at radius 3 is 3.00 bits per heavy atom. The predicted octanol–water partition coefficient (Wildman–Crippen LogP) is 1.68. The van der Waals surface area contributed by atoms with Crippen molar-refractivity contribution in [2.24, 2.45) is 5.92 Å². The molecule has 4 nitrogen and oxygen atoms in total. The fourth-order valence-corrected chi connectivity index (χ4v) is 2.68. The van der Waals surface area contributed by atoms with Gasteiger partial charge in [0, 0.05) is 18.3 Å². The number of carbonyl (C=O) groups is 1. The normalized spacial score (nSPS) is 22.4. The van der Waals surface area contributed by atoms with Crippen LogP contribution in [0, 0.1) is 12.8 Å². The number of nitrogens with one attached hydrogen (secondary N) is 2. The third-order valence-corrected chi connectivity index (χ3v) is 3.72. The molecule has 2 atom stereocenters. The molecule has 1 amide bonds. The molecule has 0 aromatic heterocycles. The maximum atomic E-state index is 11.8. The Kier molecular flexibility index (Phi) is 4.93. The SMILES string of the molecule is Cc1cccc(NC(=O)CNC2CCCC2CO)c1. The predicted molar refractivity (Wildman–Crippen MR) is 76.0 cm³/mol. The zero-order valence-corrected chi connectivity index (χ0v) is 11.4. The van der Waals surface area contributed by atoms with Gasteiger partial charge in [0.05, 0.1) is 6.54 Å². The molecule has 1 fully saturated rings. The largest absolute Gasteiger partial charge is 0.396 e. The molecule has 4 heteroatoms. The van der Waals surface area contributed by atoms with Crippen molar-refractivity contribution in [3.63, 3.8) is 0 Å². The molecule has 2 rings (SSSR count). The van der Waals surface area contributed by atoms with Crippen molar-refractivity contribution >= 4 is 11.6 Å². The Bertz CT molecular complexity index is 434. The van der Waals surface area contributed by atoms with E-state index in [2.05, 4.69) is 10.6 Å². The van der Waals surface area contributed by atoms with E-state index < -0.39 is 0 Å². The maximum absolute atomic E-state index is 11.8. The van der Waals surface area contributed by atoms with Gasteiger partial charge in [-0.05, 0) is 43.4 Å². The third-order valence-electron chi connectivity index (χ3n) is 3.72. The minimum absolute atomic E-state index is 0.0332. The number of hydrogen-bond donors (Lipinski definition) is 3. The molecular weight excluding hydrogens is 240 g/mol. The summed E-state index contributed by atoms with van der Waals surface area (Å²) in [4.78, 5) is 11.8. The van der Waals surface area contributed by atoms with Crippen LogP contribution >= 0.6 is 0 Å². The van der Waals surface area contributed by atoms with Gasteiger partial charge in [0.25, 0.3) is 0 Å². The van der Waals surface area contributed by atoms with Crippen LogP contribution in [-0.2, 0) is 4.79 Å². The Labute approximate surface area is 114 Å². The number of aliphatic hydroxyl groups is 1. The first-order chi connectivity index (χ1) is 9.19. The molecule has 1 saturated carbocycles. The summed E-state index contributed by atoms with van der Waals surface area (Å²) in [5.41, 5.74) is 1.96. The maximum Gasteiger partial charge on any atom is 0.238 e. The lowest BCUT2D eigenvalue weighted by atomic mass is 10.1. The van der Waals surface area contributed by atoms with Gasteiger partial charge >= 0.3 is 0 Å². The van der Waals surface area contributed by atoms with Crippen LogP contribution < -0.4 is 10.6 Å². The molecule has 3 N–H and O–H groups in total. The van der Waals surface area contributed by atoms with Gasteiger partial charge < -0.3 is 15.7 Å². The van der Waals surface area contributed by atoms with Crippen LogP contribution in [0.2, 0.25) is 0 Å². The van der Waals surface area contributed by atoms with Crippen molar-refractivity contribution < 1.29 is 9.90 Å². The van der Waals surface area contributed by atoms with Crippen molar-refractivity contribution in [2.45, 2.75) is 32.2 Å². The molecule has 1 aliphatic carbocycles. The highest BCUT2D eigenvalue weighted by Crippen LogP contribution is 2.24. The number of carbonyl (C=O) groups excluding carboxylic acids is 1. The number of anilines is 1. The Hall–Kier alpha value is -1.39. The first-order valence-electron chi connectivity index (χ1n) is 6.90. The van der Waals surface area contributed by atoms with Crippen molar-refractivity contribution in [3.8, 4) is 0 Å². The van der Waals surface area contributed by atoms with E-state index in [9.17, 15) is 9.90 Å². The quantitative estimate of drug-likeness (QED) is 0.756. The fourth-order valence-electron chi connectivity index (χ4n) is 2.68. The second-order valence-corrected chi connectivity index (χ2v) is 5.28. The second-order valence-electron chi connectivity index (χ2n) is 5.28. The highest BCUT2D eigenvalue weighted by Gasteiger charge is 2.26. The van der Waals surface area contributed by atoms with Crippen LogP contribution in [0.5, 0.6) is 0 Å². The van der Waals surface area contributed by atoms with Crippen LogP contribution in [0.1, 0.15) is 24.8 Å². The Morgan fingerprint density at radius 2 is 2.26 bits per heavy atom. The summed E-state index contributed by atoms with van der Waals surface area (Å²) in [5.74, 6) is 0.265. The summed E-state index contributed by atoms with van der Waals surface area (Å²) in [7, 11) is 0. The molecule has 0 bridgehead atoms. The second kappa shape index (κ2) is 6.68. The average Bonchev–Trinajstić information content (AvgIpc) is 2.83. The van der Waals surface area contributed by atoms with E-state index >= 15 is 0 Å².